The second kappa shape index (κ2) is 7.74. The lowest BCUT2D eigenvalue weighted by Crippen LogP contribution is -1.95. The molecule has 0 atom stereocenters. The molecule has 0 amide bonds. The van der Waals surface area contributed by atoms with E-state index in [1.165, 1.54) is 18.1 Å². The Bertz CT molecular complexity index is 843. The molecule has 0 bridgehead atoms. The highest BCUT2D eigenvalue weighted by molar-refractivity contribution is 7.98. The minimum absolute atomic E-state index is 0.208. The molecule has 0 aliphatic rings. The van der Waals surface area contributed by atoms with Gasteiger partial charge in [-0.3, -0.25) is 0 Å². The van der Waals surface area contributed by atoms with Crippen LogP contribution in [0.1, 0.15) is 11.5 Å². The van der Waals surface area contributed by atoms with Gasteiger partial charge in [0.2, 0.25) is 5.16 Å². The van der Waals surface area contributed by atoms with Gasteiger partial charge in [-0.2, -0.15) is 9.78 Å². The van der Waals surface area contributed by atoms with Crippen LogP contribution in [0.15, 0.2) is 51.3 Å². The van der Waals surface area contributed by atoms with Crippen molar-refractivity contribution in [2.24, 2.45) is 5.10 Å². The minimum atomic E-state index is 0.208. The smallest absolute Gasteiger partial charge is 0.211 e. The molecule has 1 aromatic carbocycles. The van der Waals surface area contributed by atoms with Gasteiger partial charge in [0.15, 0.2) is 5.75 Å². The van der Waals surface area contributed by atoms with Crippen LogP contribution < -0.4 is 4.74 Å². The summed E-state index contributed by atoms with van der Waals surface area (Å²) in [4.78, 5) is 0. The van der Waals surface area contributed by atoms with E-state index in [4.69, 9.17) is 32.4 Å². The molecule has 0 unspecified atom stereocenters. The van der Waals surface area contributed by atoms with Gasteiger partial charge >= 0.3 is 0 Å². The van der Waals surface area contributed by atoms with Crippen LogP contribution in [0.4, 0.5) is 0 Å². The standard InChI is InChI=1S/C15H12Cl2N4O2S/c1-24-15-20-18-9-21(15)19-7-10-5-6-11(23-10)8-22-14-12(16)3-2-4-13(14)17/h2-7,9H,8H2,1H3/b19-7+. The minimum Gasteiger partial charge on any atom is -0.483 e. The number of ether oxygens (including phenoxy) is 1. The average molecular weight is 383 g/mol. The number of benzene rings is 1. The molecule has 0 saturated heterocycles. The molecule has 0 N–H and O–H groups in total. The summed E-state index contributed by atoms with van der Waals surface area (Å²) in [7, 11) is 0. The zero-order valence-electron chi connectivity index (χ0n) is 12.5. The molecule has 3 rings (SSSR count). The van der Waals surface area contributed by atoms with E-state index in [9.17, 15) is 0 Å². The van der Waals surface area contributed by atoms with E-state index in [-0.39, 0.29) is 6.61 Å². The predicted molar refractivity (Wildman–Crippen MR) is 94.3 cm³/mol. The van der Waals surface area contributed by atoms with Gasteiger partial charge in [-0.25, -0.2) is 0 Å². The quantitative estimate of drug-likeness (QED) is 0.467. The Hall–Kier alpha value is -1.96. The molecule has 0 radical (unpaired) electrons. The highest BCUT2D eigenvalue weighted by Crippen LogP contribution is 2.32. The Morgan fingerprint density at radius 1 is 1.29 bits per heavy atom. The van der Waals surface area contributed by atoms with Crippen molar-refractivity contribution in [3.8, 4) is 5.75 Å². The Morgan fingerprint density at radius 3 is 2.83 bits per heavy atom. The maximum absolute atomic E-state index is 6.06. The summed E-state index contributed by atoms with van der Waals surface area (Å²) in [6, 6.07) is 8.77. The molecule has 124 valence electrons. The number of hydrogen-bond donors (Lipinski definition) is 0. The Balaban J connectivity index is 1.66. The molecule has 24 heavy (non-hydrogen) atoms. The van der Waals surface area contributed by atoms with Gasteiger partial charge in [0.25, 0.3) is 0 Å². The van der Waals surface area contributed by atoms with Crippen molar-refractivity contribution in [1.29, 1.82) is 0 Å². The second-order valence-corrected chi connectivity index (χ2v) is 6.14. The summed E-state index contributed by atoms with van der Waals surface area (Å²) in [6.45, 7) is 0.208. The zero-order valence-corrected chi connectivity index (χ0v) is 14.8. The fourth-order valence-corrected chi connectivity index (χ4v) is 2.77. The van der Waals surface area contributed by atoms with E-state index in [0.717, 1.165) is 0 Å². The number of nitrogens with zero attached hydrogens (tertiary/aromatic N) is 4. The van der Waals surface area contributed by atoms with Crippen molar-refractivity contribution in [2.45, 2.75) is 11.8 Å². The predicted octanol–water partition coefficient (Wildman–Crippen LogP) is 4.36. The van der Waals surface area contributed by atoms with Crippen LogP contribution in [-0.2, 0) is 6.61 Å². The summed E-state index contributed by atoms with van der Waals surface area (Å²) in [5.41, 5.74) is 0. The summed E-state index contributed by atoms with van der Waals surface area (Å²) >= 11 is 13.6. The number of rotatable bonds is 6. The number of hydrogen-bond acceptors (Lipinski definition) is 6. The summed E-state index contributed by atoms with van der Waals surface area (Å²) < 4.78 is 12.8. The monoisotopic (exact) mass is 382 g/mol. The number of para-hydroxylation sites is 1. The van der Waals surface area contributed by atoms with E-state index in [2.05, 4.69) is 15.3 Å². The van der Waals surface area contributed by atoms with Crippen molar-refractivity contribution in [1.82, 2.24) is 14.9 Å². The van der Waals surface area contributed by atoms with E-state index < -0.39 is 0 Å². The molecular formula is C15H12Cl2N4O2S. The summed E-state index contributed by atoms with van der Waals surface area (Å²) in [5, 5.41) is 13.5. The van der Waals surface area contributed by atoms with Gasteiger partial charge in [-0.1, -0.05) is 41.0 Å². The third-order valence-corrected chi connectivity index (χ3v) is 4.18. The van der Waals surface area contributed by atoms with E-state index in [0.29, 0.717) is 32.5 Å². The zero-order chi connectivity index (χ0) is 16.9. The first kappa shape index (κ1) is 16.9. The molecular weight excluding hydrogens is 371 g/mol. The first-order valence-corrected chi connectivity index (χ1v) is 8.79. The van der Waals surface area contributed by atoms with E-state index in [1.54, 1.807) is 41.2 Å². The highest BCUT2D eigenvalue weighted by Gasteiger charge is 2.08. The molecule has 0 fully saturated rings. The highest BCUT2D eigenvalue weighted by atomic mass is 35.5. The van der Waals surface area contributed by atoms with Gasteiger partial charge in [-0.05, 0) is 30.5 Å². The van der Waals surface area contributed by atoms with Crippen LogP contribution >= 0.6 is 35.0 Å². The Labute approximate surface area is 152 Å². The van der Waals surface area contributed by atoms with Gasteiger partial charge in [0, 0.05) is 0 Å². The first-order valence-electron chi connectivity index (χ1n) is 6.81. The first-order chi connectivity index (χ1) is 11.7. The topological polar surface area (TPSA) is 65.4 Å². The third kappa shape index (κ3) is 3.92. The largest absolute Gasteiger partial charge is 0.483 e. The fourth-order valence-electron chi connectivity index (χ4n) is 1.86. The Kier molecular flexibility index (Phi) is 5.44. The number of halogens is 2. The van der Waals surface area contributed by atoms with Crippen LogP contribution in [0.2, 0.25) is 10.0 Å². The van der Waals surface area contributed by atoms with Gasteiger partial charge in [0.1, 0.15) is 24.5 Å². The number of furan rings is 1. The third-order valence-electron chi connectivity index (χ3n) is 2.95. The number of aromatic nitrogens is 3. The van der Waals surface area contributed by atoms with Gasteiger partial charge in [0.05, 0.1) is 16.3 Å². The lowest BCUT2D eigenvalue weighted by Gasteiger charge is -2.07. The average Bonchev–Trinajstić information content (AvgIpc) is 3.21. The van der Waals surface area contributed by atoms with Crippen LogP contribution in [0, 0.1) is 0 Å². The SMILES string of the molecule is CSc1nncn1/N=C/c1ccc(COc2c(Cl)cccc2Cl)o1. The van der Waals surface area contributed by atoms with Gasteiger partial charge < -0.3 is 9.15 Å². The fraction of sp³-hybridized carbons (Fsp3) is 0.133. The maximum atomic E-state index is 6.06. The van der Waals surface area contributed by atoms with Gasteiger partial charge in [-0.15, -0.1) is 10.2 Å². The normalized spacial score (nSPS) is 11.3. The van der Waals surface area contributed by atoms with Crippen molar-refractivity contribution < 1.29 is 9.15 Å². The van der Waals surface area contributed by atoms with Crippen LogP contribution in [0.25, 0.3) is 0 Å². The van der Waals surface area contributed by atoms with Crippen molar-refractivity contribution in [3.05, 3.63) is 58.2 Å². The lowest BCUT2D eigenvalue weighted by molar-refractivity contribution is 0.270. The van der Waals surface area contributed by atoms with Crippen molar-refractivity contribution in [3.63, 3.8) is 0 Å². The van der Waals surface area contributed by atoms with Crippen LogP contribution in [0.3, 0.4) is 0 Å². The van der Waals surface area contributed by atoms with Crippen molar-refractivity contribution >= 4 is 41.2 Å². The van der Waals surface area contributed by atoms with Crippen LogP contribution in [0.5, 0.6) is 5.75 Å². The van der Waals surface area contributed by atoms with E-state index in [1.807, 2.05) is 6.26 Å². The molecule has 9 heteroatoms. The number of thioether (sulfide) groups is 1. The molecule has 0 aliphatic heterocycles. The summed E-state index contributed by atoms with van der Waals surface area (Å²) in [6.07, 6.45) is 5.00. The molecule has 2 heterocycles. The maximum Gasteiger partial charge on any atom is 0.211 e. The molecule has 6 nitrogen and oxygen atoms in total. The lowest BCUT2D eigenvalue weighted by atomic mass is 10.3. The molecule has 0 aliphatic carbocycles. The van der Waals surface area contributed by atoms with E-state index >= 15 is 0 Å². The molecule has 0 saturated carbocycles. The second-order valence-electron chi connectivity index (χ2n) is 4.55. The van der Waals surface area contributed by atoms with Crippen molar-refractivity contribution in [2.75, 3.05) is 6.26 Å². The molecule has 0 spiro atoms. The van der Waals surface area contributed by atoms with Crippen LogP contribution in [-0.4, -0.2) is 27.3 Å². The summed E-state index contributed by atoms with van der Waals surface area (Å²) in [5.74, 6) is 1.64. The molecule has 2 aromatic heterocycles. The Morgan fingerprint density at radius 2 is 2.08 bits per heavy atom. The molecule has 3 aromatic rings.